The summed E-state index contributed by atoms with van der Waals surface area (Å²) in [6, 6.07) is 6.62. The highest BCUT2D eigenvalue weighted by molar-refractivity contribution is 7.71. The van der Waals surface area contributed by atoms with Crippen LogP contribution in [-0.4, -0.2) is 51.3 Å². The van der Waals surface area contributed by atoms with Crippen molar-refractivity contribution in [1.29, 1.82) is 0 Å². The number of nitrogens with zero attached hydrogens (tertiary/aromatic N) is 4. The van der Waals surface area contributed by atoms with Crippen LogP contribution in [0.3, 0.4) is 0 Å². The first-order chi connectivity index (χ1) is 12.1. The molecule has 8 heteroatoms. The van der Waals surface area contributed by atoms with Crippen LogP contribution < -0.4 is 0 Å². The van der Waals surface area contributed by atoms with E-state index in [1.807, 2.05) is 7.05 Å². The maximum Gasteiger partial charge on any atom is 0.199 e. The highest BCUT2D eigenvalue weighted by atomic mass is 32.1. The van der Waals surface area contributed by atoms with Crippen LogP contribution in [-0.2, 0) is 23.2 Å². The van der Waals surface area contributed by atoms with Gasteiger partial charge in [0.05, 0.1) is 25.4 Å². The third-order valence-corrected chi connectivity index (χ3v) is 5.41. The van der Waals surface area contributed by atoms with Gasteiger partial charge in [-0.25, -0.2) is 9.07 Å². The van der Waals surface area contributed by atoms with Crippen LogP contribution in [0.25, 0.3) is 11.4 Å². The van der Waals surface area contributed by atoms with Gasteiger partial charge in [-0.15, -0.1) is 0 Å². The third kappa shape index (κ3) is 3.15. The highest BCUT2D eigenvalue weighted by Crippen LogP contribution is 2.31. The molecule has 0 bridgehead atoms. The van der Waals surface area contributed by atoms with Gasteiger partial charge in [0, 0.05) is 33.0 Å². The lowest BCUT2D eigenvalue weighted by molar-refractivity contribution is -0.187. The lowest BCUT2D eigenvalue weighted by atomic mass is 10.0. The maximum absolute atomic E-state index is 14.1. The summed E-state index contributed by atoms with van der Waals surface area (Å²) in [5.74, 6) is -0.146. The van der Waals surface area contributed by atoms with Crippen molar-refractivity contribution in [3.63, 3.8) is 0 Å². The Labute approximate surface area is 150 Å². The van der Waals surface area contributed by atoms with Gasteiger partial charge in [0.25, 0.3) is 0 Å². The summed E-state index contributed by atoms with van der Waals surface area (Å²) in [6.45, 7) is 3.65. The summed E-state index contributed by atoms with van der Waals surface area (Å²) in [5, 5.41) is 4.55. The Morgan fingerprint density at radius 1 is 1.20 bits per heavy atom. The highest BCUT2D eigenvalue weighted by Gasteiger charge is 2.39. The second-order valence-corrected chi connectivity index (χ2v) is 6.88. The van der Waals surface area contributed by atoms with Crippen molar-refractivity contribution in [1.82, 2.24) is 19.2 Å². The van der Waals surface area contributed by atoms with Crippen molar-refractivity contribution in [2.45, 2.75) is 25.3 Å². The number of hydrogen-bond acceptors (Lipinski definition) is 5. The molecule has 0 radical (unpaired) electrons. The minimum absolute atomic E-state index is 0.298. The summed E-state index contributed by atoms with van der Waals surface area (Å²) in [4.78, 5) is 2.27. The van der Waals surface area contributed by atoms with Crippen molar-refractivity contribution in [2.75, 3.05) is 26.3 Å². The number of hydrogen-bond donors (Lipinski definition) is 0. The van der Waals surface area contributed by atoms with Gasteiger partial charge < -0.3 is 14.0 Å². The zero-order valence-electron chi connectivity index (χ0n) is 14.2. The van der Waals surface area contributed by atoms with Crippen molar-refractivity contribution in [2.24, 2.45) is 7.05 Å². The predicted molar refractivity (Wildman–Crippen MR) is 92.9 cm³/mol. The van der Waals surface area contributed by atoms with E-state index in [0.717, 1.165) is 25.9 Å². The number of likely N-dealkylation sites (tertiary alicyclic amines) is 1. The monoisotopic (exact) mass is 364 g/mol. The molecule has 0 atom stereocenters. The molecule has 4 rings (SSSR count). The van der Waals surface area contributed by atoms with E-state index in [-0.39, 0.29) is 11.6 Å². The molecule has 25 heavy (non-hydrogen) atoms. The molecule has 1 aromatic heterocycles. The minimum Gasteiger partial charge on any atom is -0.347 e. The Bertz CT molecular complexity index is 818. The molecule has 2 aliphatic heterocycles. The van der Waals surface area contributed by atoms with Crippen molar-refractivity contribution in [3.8, 4) is 11.4 Å². The summed E-state index contributed by atoms with van der Waals surface area (Å²) in [6.07, 6.45) is 1.68. The number of halogens is 1. The van der Waals surface area contributed by atoms with Gasteiger partial charge in [-0.05, 0) is 24.4 Å². The fourth-order valence-electron chi connectivity index (χ4n) is 3.47. The molecule has 6 nitrogen and oxygen atoms in total. The molecule has 2 aromatic rings. The first-order valence-corrected chi connectivity index (χ1v) is 8.88. The molecule has 3 heterocycles. The summed E-state index contributed by atoms with van der Waals surface area (Å²) in [7, 11) is 1.82. The minimum atomic E-state index is -0.388. The molecule has 0 amide bonds. The van der Waals surface area contributed by atoms with Crippen LogP contribution in [0.5, 0.6) is 0 Å². The SMILES string of the molecule is Cn1c(-c2ccccc2F)nn(CN2CCC3(CC2)OCCO3)c1=S. The van der Waals surface area contributed by atoms with Crippen LogP contribution in [0.4, 0.5) is 4.39 Å². The molecule has 0 saturated carbocycles. The molecule has 0 aliphatic carbocycles. The van der Waals surface area contributed by atoms with E-state index in [1.165, 1.54) is 6.07 Å². The van der Waals surface area contributed by atoms with Crippen molar-refractivity contribution < 1.29 is 13.9 Å². The zero-order valence-corrected chi connectivity index (χ0v) is 15.0. The molecular weight excluding hydrogens is 343 g/mol. The quantitative estimate of drug-likeness (QED) is 0.783. The normalized spacial score (nSPS) is 20.4. The molecule has 2 aliphatic rings. The van der Waals surface area contributed by atoms with Gasteiger partial charge in [0.2, 0.25) is 0 Å². The van der Waals surface area contributed by atoms with Gasteiger partial charge in [-0.3, -0.25) is 4.90 Å². The fraction of sp³-hybridized carbons (Fsp3) is 0.529. The molecule has 0 N–H and O–H groups in total. The van der Waals surface area contributed by atoms with E-state index in [0.29, 0.717) is 36.0 Å². The summed E-state index contributed by atoms with van der Waals surface area (Å²) in [5.41, 5.74) is 0.459. The Hall–Kier alpha value is -1.61. The molecule has 2 saturated heterocycles. The largest absolute Gasteiger partial charge is 0.347 e. The Morgan fingerprint density at radius 3 is 2.56 bits per heavy atom. The number of aromatic nitrogens is 3. The third-order valence-electron chi connectivity index (χ3n) is 4.92. The standard InChI is InChI=1S/C17H21FN4O2S/c1-20-15(13-4-2-3-5-14(13)18)19-22(16(20)25)12-21-8-6-17(7-9-21)23-10-11-24-17/h2-5H,6-12H2,1H3. The Morgan fingerprint density at radius 2 is 1.88 bits per heavy atom. The topological polar surface area (TPSA) is 44.5 Å². The predicted octanol–water partition coefficient (Wildman–Crippen LogP) is 2.55. The van der Waals surface area contributed by atoms with Crippen molar-refractivity contribution in [3.05, 3.63) is 34.9 Å². The van der Waals surface area contributed by atoms with Crippen LogP contribution in [0, 0.1) is 10.6 Å². The van der Waals surface area contributed by atoms with E-state index in [9.17, 15) is 4.39 Å². The van der Waals surface area contributed by atoms with Gasteiger partial charge in [-0.1, -0.05) is 12.1 Å². The first kappa shape index (κ1) is 16.8. The molecule has 1 aromatic carbocycles. The van der Waals surface area contributed by atoms with Gasteiger partial charge >= 0.3 is 0 Å². The molecular formula is C17H21FN4O2S. The lowest BCUT2D eigenvalue weighted by Crippen LogP contribution is -2.45. The number of piperidine rings is 1. The molecule has 134 valence electrons. The van der Waals surface area contributed by atoms with Crippen molar-refractivity contribution >= 4 is 12.2 Å². The molecule has 1 spiro atoms. The van der Waals surface area contributed by atoms with Gasteiger partial charge in [-0.2, -0.15) is 5.10 Å². The first-order valence-electron chi connectivity index (χ1n) is 8.47. The van der Waals surface area contributed by atoms with E-state index >= 15 is 0 Å². The van der Waals surface area contributed by atoms with Crippen LogP contribution in [0.2, 0.25) is 0 Å². The Kier molecular flexibility index (Phi) is 4.45. The molecule has 2 fully saturated rings. The van der Waals surface area contributed by atoms with Crippen LogP contribution in [0.1, 0.15) is 12.8 Å². The summed E-state index contributed by atoms with van der Waals surface area (Å²) < 4.78 is 29.7. The van der Waals surface area contributed by atoms with E-state index in [4.69, 9.17) is 21.7 Å². The average Bonchev–Trinajstić information content (AvgIpc) is 3.18. The van der Waals surface area contributed by atoms with Crippen LogP contribution in [0.15, 0.2) is 24.3 Å². The fourth-order valence-corrected chi connectivity index (χ4v) is 3.65. The zero-order chi connectivity index (χ0) is 17.4. The average molecular weight is 364 g/mol. The van der Waals surface area contributed by atoms with Crippen LogP contribution >= 0.6 is 12.2 Å². The number of ether oxygens (including phenoxy) is 2. The maximum atomic E-state index is 14.1. The van der Waals surface area contributed by atoms with E-state index in [2.05, 4.69) is 10.00 Å². The lowest BCUT2D eigenvalue weighted by Gasteiger charge is -2.37. The Balaban J connectivity index is 1.51. The number of benzene rings is 1. The number of rotatable bonds is 3. The van der Waals surface area contributed by atoms with Gasteiger partial charge in [0.15, 0.2) is 16.4 Å². The molecule has 0 unspecified atom stereocenters. The van der Waals surface area contributed by atoms with E-state index in [1.54, 1.807) is 27.4 Å². The summed E-state index contributed by atoms with van der Waals surface area (Å²) >= 11 is 5.49. The van der Waals surface area contributed by atoms with E-state index < -0.39 is 0 Å². The second-order valence-electron chi connectivity index (χ2n) is 6.51. The smallest absolute Gasteiger partial charge is 0.199 e. The second kappa shape index (κ2) is 6.60. The van der Waals surface area contributed by atoms with Gasteiger partial charge in [0.1, 0.15) is 5.82 Å².